The highest BCUT2D eigenvalue weighted by atomic mass is 19.4. The van der Waals surface area contributed by atoms with E-state index in [1.807, 2.05) is 0 Å². The van der Waals surface area contributed by atoms with Crippen LogP contribution in [0.5, 0.6) is 0 Å². The van der Waals surface area contributed by atoms with Gasteiger partial charge in [0.15, 0.2) is 5.92 Å². The zero-order valence-electron chi connectivity index (χ0n) is 14.0. The fourth-order valence-corrected chi connectivity index (χ4v) is 2.05. The molecule has 1 aromatic carbocycles. The predicted octanol–water partition coefficient (Wildman–Crippen LogP) is 2.63. The van der Waals surface area contributed by atoms with Gasteiger partial charge in [0.2, 0.25) is 0 Å². The van der Waals surface area contributed by atoms with Crippen molar-refractivity contribution in [3.63, 3.8) is 0 Å². The van der Waals surface area contributed by atoms with Gasteiger partial charge in [0.05, 0.1) is 32.0 Å². The average molecular weight is 374 g/mol. The molecule has 0 radical (unpaired) electrons. The molecule has 1 rings (SSSR count). The Morgan fingerprint density at radius 2 is 1.58 bits per heavy atom. The van der Waals surface area contributed by atoms with E-state index in [1.165, 1.54) is 6.08 Å². The fourth-order valence-electron chi connectivity index (χ4n) is 2.05. The maximum Gasteiger partial charge on any atom is 0.416 e. The highest BCUT2D eigenvalue weighted by Crippen LogP contribution is 2.29. The number of hydrogen-bond donors (Lipinski definition) is 0. The van der Waals surface area contributed by atoms with E-state index in [0.29, 0.717) is 0 Å². The number of halogens is 3. The van der Waals surface area contributed by atoms with Crippen LogP contribution >= 0.6 is 0 Å². The average Bonchev–Trinajstić information content (AvgIpc) is 2.63. The van der Waals surface area contributed by atoms with E-state index in [0.717, 1.165) is 38.5 Å². The van der Waals surface area contributed by atoms with Gasteiger partial charge in [0, 0.05) is 5.92 Å². The third-order valence-corrected chi connectivity index (χ3v) is 3.50. The summed E-state index contributed by atoms with van der Waals surface area (Å²) in [5.74, 6) is -5.03. The molecule has 0 heterocycles. The van der Waals surface area contributed by atoms with Crippen LogP contribution in [0.1, 0.15) is 15.9 Å². The van der Waals surface area contributed by atoms with Crippen LogP contribution < -0.4 is 0 Å². The van der Waals surface area contributed by atoms with Crippen molar-refractivity contribution in [2.75, 3.05) is 20.8 Å². The van der Waals surface area contributed by atoms with Gasteiger partial charge in [-0.15, -0.1) is 6.58 Å². The summed E-state index contributed by atoms with van der Waals surface area (Å²) < 4.78 is 51.5. The van der Waals surface area contributed by atoms with Gasteiger partial charge in [-0.25, -0.2) is 4.79 Å². The highest BCUT2D eigenvalue weighted by molar-refractivity contribution is 5.95. The van der Waals surface area contributed by atoms with E-state index >= 15 is 0 Å². The number of ether oxygens (including phenoxy) is 3. The van der Waals surface area contributed by atoms with Crippen molar-refractivity contribution < 1.29 is 41.8 Å². The summed E-state index contributed by atoms with van der Waals surface area (Å²) in [7, 11) is 2.15. The predicted molar refractivity (Wildman–Crippen MR) is 82.9 cm³/mol. The Balaban J connectivity index is 2.84. The van der Waals surface area contributed by atoms with Crippen LogP contribution in [0.25, 0.3) is 0 Å². The molecule has 9 heteroatoms. The molecule has 0 N–H and O–H groups in total. The second-order valence-corrected chi connectivity index (χ2v) is 5.10. The summed E-state index contributed by atoms with van der Waals surface area (Å²) in [6.07, 6.45) is -3.30. The van der Waals surface area contributed by atoms with Crippen LogP contribution in [0, 0.1) is 11.8 Å². The minimum atomic E-state index is -4.52. The number of alkyl halides is 3. The summed E-state index contributed by atoms with van der Waals surface area (Å²) in [6, 6.07) is 3.42. The molecular weight excluding hydrogens is 357 g/mol. The van der Waals surface area contributed by atoms with E-state index in [-0.39, 0.29) is 5.56 Å². The lowest BCUT2D eigenvalue weighted by Crippen LogP contribution is -2.35. The monoisotopic (exact) mass is 374 g/mol. The Hall–Kier alpha value is -2.84. The Labute approximate surface area is 147 Å². The number of hydrogen-bond acceptors (Lipinski definition) is 6. The Kier molecular flexibility index (Phi) is 7.36. The van der Waals surface area contributed by atoms with Crippen LogP contribution in [0.2, 0.25) is 0 Å². The number of esters is 3. The lowest BCUT2D eigenvalue weighted by atomic mass is 9.93. The first kappa shape index (κ1) is 21.2. The van der Waals surface area contributed by atoms with E-state index in [1.54, 1.807) is 0 Å². The quantitative estimate of drug-likeness (QED) is 0.316. The molecule has 1 unspecified atom stereocenters. The number of benzene rings is 1. The van der Waals surface area contributed by atoms with Gasteiger partial charge in [0.1, 0.15) is 0 Å². The van der Waals surface area contributed by atoms with E-state index in [9.17, 15) is 27.6 Å². The largest absolute Gasteiger partial charge is 0.468 e. The SMILES string of the molecule is C=CC(COC(=O)c1ccc(C(F)(F)F)cc1)C(C(=O)OC)C(=O)OC. The van der Waals surface area contributed by atoms with E-state index in [4.69, 9.17) is 4.74 Å². The summed E-state index contributed by atoms with van der Waals surface area (Å²) in [5, 5.41) is 0. The fraction of sp³-hybridized carbons (Fsp3) is 0.353. The minimum absolute atomic E-state index is 0.117. The van der Waals surface area contributed by atoms with Gasteiger partial charge in [-0.3, -0.25) is 9.59 Å². The molecule has 1 aromatic rings. The van der Waals surface area contributed by atoms with E-state index < -0.39 is 48.1 Å². The van der Waals surface area contributed by atoms with E-state index in [2.05, 4.69) is 16.1 Å². The molecule has 0 saturated heterocycles. The third kappa shape index (κ3) is 5.33. The summed E-state index contributed by atoms with van der Waals surface area (Å²) >= 11 is 0. The van der Waals surface area contributed by atoms with Gasteiger partial charge in [-0.05, 0) is 24.3 Å². The van der Waals surface area contributed by atoms with Gasteiger partial charge in [-0.1, -0.05) is 6.08 Å². The molecule has 0 spiro atoms. The maximum atomic E-state index is 12.5. The van der Waals surface area contributed by atoms with Crippen LogP contribution in [-0.2, 0) is 30.0 Å². The molecular formula is C17H17F3O6. The van der Waals surface area contributed by atoms with Gasteiger partial charge in [-0.2, -0.15) is 13.2 Å². The van der Waals surface area contributed by atoms with Crippen molar-refractivity contribution in [1.82, 2.24) is 0 Å². The molecule has 0 bridgehead atoms. The maximum absolute atomic E-state index is 12.5. The second kappa shape index (κ2) is 9.02. The molecule has 0 aliphatic heterocycles. The molecule has 1 atom stereocenters. The van der Waals surface area contributed by atoms with Crippen LogP contribution in [0.15, 0.2) is 36.9 Å². The molecule has 0 amide bonds. The standard InChI is InChI=1S/C17H17F3O6/c1-4-10(13(15(22)24-2)16(23)25-3)9-26-14(21)11-5-7-12(8-6-11)17(18,19)20/h4-8,10,13H,1,9H2,2-3H3. The number of carbonyl (C=O) groups excluding carboxylic acids is 3. The highest BCUT2D eigenvalue weighted by Gasteiger charge is 2.36. The smallest absolute Gasteiger partial charge is 0.416 e. The van der Waals surface area contributed by atoms with Crippen molar-refractivity contribution in [2.45, 2.75) is 6.18 Å². The van der Waals surface area contributed by atoms with Crippen LogP contribution in [0.4, 0.5) is 13.2 Å². The van der Waals surface area contributed by atoms with Crippen molar-refractivity contribution in [3.05, 3.63) is 48.0 Å². The minimum Gasteiger partial charge on any atom is -0.468 e. The van der Waals surface area contributed by atoms with Crippen molar-refractivity contribution in [2.24, 2.45) is 11.8 Å². The molecule has 0 aliphatic carbocycles. The van der Waals surface area contributed by atoms with Crippen molar-refractivity contribution in [1.29, 1.82) is 0 Å². The van der Waals surface area contributed by atoms with Crippen LogP contribution in [0.3, 0.4) is 0 Å². The summed E-state index contributed by atoms with van der Waals surface area (Å²) in [4.78, 5) is 35.4. The second-order valence-electron chi connectivity index (χ2n) is 5.10. The molecule has 6 nitrogen and oxygen atoms in total. The first-order valence-electron chi connectivity index (χ1n) is 7.28. The molecule has 0 aliphatic rings. The molecule has 0 saturated carbocycles. The van der Waals surface area contributed by atoms with Gasteiger partial charge < -0.3 is 14.2 Å². The van der Waals surface area contributed by atoms with Gasteiger partial charge in [0.25, 0.3) is 0 Å². The Morgan fingerprint density at radius 3 is 1.96 bits per heavy atom. The number of rotatable bonds is 7. The topological polar surface area (TPSA) is 78.9 Å². The third-order valence-electron chi connectivity index (χ3n) is 3.50. The normalized spacial score (nSPS) is 12.2. The zero-order valence-corrected chi connectivity index (χ0v) is 14.0. The van der Waals surface area contributed by atoms with Crippen molar-refractivity contribution >= 4 is 17.9 Å². The molecule has 142 valence electrons. The summed E-state index contributed by atoms with van der Waals surface area (Å²) in [5.41, 5.74) is -1.03. The van der Waals surface area contributed by atoms with Crippen LogP contribution in [-0.4, -0.2) is 38.7 Å². The van der Waals surface area contributed by atoms with Gasteiger partial charge >= 0.3 is 24.1 Å². The Morgan fingerprint density at radius 1 is 1.08 bits per heavy atom. The number of carbonyl (C=O) groups is 3. The summed E-state index contributed by atoms with van der Waals surface area (Å²) in [6.45, 7) is 3.05. The van der Waals surface area contributed by atoms with Crippen molar-refractivity contribution in [3.8, 4) is 0 Å². The first-order valence-corrected chi connectivity index (χ1v) is 7.28. The lowest BCUT2D eigenvalue weighted by molar-refractivity contribution is -0.161. The zero-order chi connectivity index (χ0) is 19.9. The molecule has 26 heavy (non-hydrogen) atoms. The molecule has 0 aromatic heterocycles. The Bertz CT molecular complexity index is 650. The number of methoxy groups -OCH3 is 2. The molecule has 0 fully saturated rings. The lowest BCUT2D eigenvalue weighted by Gasteiger charge is -2.20. The first-order chi connectivity index (χ1) is 12.1.